The van der Waals surface area contributed by atoms with Gasteiger partial charge >= 0.3 is 0 Å². The number of hydrogen-bond donors (Lipinski definition) is 1. The van der Waals surface area contributed by atoms with Crippen molar-refractivity contribution in [2.45, 2.75) is 66.9 Å². The average molecular weight is 212 g/mol. The molecule has 0 aromatic carbocycles. The Morgan fingerprint density at radius 2 is 1.53 bits per heavy atom. The van der Waals surface area contributed by atoms with E-state index in [0.29, 0.717) is 11.3 Å². The summed E-state index contributed by atoms with van der Waals surface area (Å²) in [6.45, 7) is 13.6. The minimum absolute atomic E-state index is 0.0719. The predicted octanol–water partition coefficient (Wildman–Crippen LogP) is 3.86. The molecule has 1 N–H and O–H groups in total. The quantitative estimate of drug-likeness (QED) is 0.700. The van der Waals surface area contributed by atoms with Crippen LogP contribution in [0.3, 0.4) is 0 Å². The molecule has 0 heterocycles. The molecule has 1 aliphatic carbocycles. The Balaban J connectivity index is 2.57. The van der Waals surface area contributed by atoms with Crippen molar-refractivity contribution in [2.24, 2.45) is 22.7 Å². The molecule has 0 aliphatic heterocycles. The molecule has 1 rings (SSSR count). The van der Waals surface area contributed by atoms with Gasteiger partial charge < -0.3 is 5.11 Å². The maximum atomic E-state index is 10.1. The fourth-order valence-electron chi connectivity index (χ4n) is 3.08. The first-order valence-corrected chi connectivity index (χ1v) is 6.28. The van der Waals surface area contributed by atoms with Crippen molar-refractivity contribution in [2.75, 3.05) is 0 Å². The lowest BCUT2D eigenvalue weighted by molar-refractivity contribution is 0.0683. The van der Waals surface area contributed by atoms with E-state index in [1.807, 2.05) is 0 Å². The standard InChI is InChI=1S/C14H28O/c1-13(2,3)9-10-7-11(12(15)8-10)14(4,5)6/h10-12,15H,7-9H2,1-6H3. The van der Waals surface area contributed by atoms with Crippen LogP contribution in [-0.4, -0.2) is 11.2 Å². The third-order valence-electron chi connectivity index (χ3n) is 3.64. The van der Waals surface area contributed by atoms with Gasteiger partial charge in [0, 0.05) is 0 Å². The molecular weight excluding hydrogens is 184 g/mol. The molecular formula is C14H28O. The highest BCUT2D eigenvalue weighted by Crippen LogP contribution is 2.45. The third-order valence-corrected chi connectivity index (χ3v) is 3.64. The van der Waals surface area contributed by atoms with Crippen LogP contribution in [0.1, 0.15) is 60.8 Å². The molecule has 0 saturated heterocycles. The summed E-state index contributed by atoms with van der Waals surface area (Å²) in [6.07, 6.45) is 3.40. The lowest BCUT2D eigenvalue weighted by Crippen LogP contribution is -2.27. The van der Waals surface area contributed by atoms with Crippen LogP contribution in [0.15, 0.2) is 0 Å². The topological polar surface area (TPSA) is 20.2 Å². The van der Waals surface area contributed by atoms with Crippen LogP contribution in [0.4, 0.5) is 0 Å². The highest BCUT2D eigenvalue weighted by Gasteiger charge is 2.40. The number of hydrogen-bond acceptors (Lipinski definition) is 1. The molecule has 90 valence electrons. The molecule has 0 amide bonds. The Bertz CT molecular complexity index is 206. The minimum atomic E-state index is -0.0719. The summed E-state index contributed by atoms with van der Waals surface area (Å²) in [5, 5.41) is 10.1. The molecule has 3 atom stereocenters. The summed E-state index contributed by atoms with van der Waals surface area (Å²) in [7, 11) is 0. The summed E-state index contributed by atoms with van der Waals surface area (Å²) >= 11 is 0. The zero-order valence-electron chi connectivity index (χ0n) is 11.3. The Kier molecular flexibility index (Phi) is 3.55. The zero-order chi connectivity index (χ0) is 11.9. The first-order chi connectivity index (χ1) is 6.59. The van der Waals surface area contributed by atoms with Crippen molar-refractivity contribution >= 4 is 0 Å². The maximum absolute atomic E-state index is 10.1. The second-order valence-electron chi connectivity index (χ2n) is 7.64. The van der Waals surface area contributed by atoms with Crippen molar-refractivity contribution in [3.05, 3.63) is 0 Å². The SMILES string of the molecule is CC(C)(C)CC1CC(O)C(C(C)(C)C)C1. The molecule has 1 nitrogen and oxygen atoms in total. The second-order valence-corrected chi connectivity index (χ2v) is 7.64. The van der Waals surface area contributed by atoms with E-state index in [9.17, 15) is 5.11 Å². The first-order valence-electron chi connectivity index (χ1n) is 6.28. The summed E-state index contributed by atoms with van der Waals surface area (Å²) in [5.74, 6) is 1.22. The lowest BCUT2D eigenvalue weighted by Gasteiger charge is -2.30. The van der Waals surface area contributed by atoms with E-state index >= 15 is 0 Å². The highest BCUT2D eigenvalue weighted by atomic mass is 16.3. The summed E-state index contributed by atoms with van der Waals surface area (Å²) < 4.78 is 0. The Morgan fingerprint density at radius 1 is 1.00 bits per heavy atom. The smallest absolute Gasteiger partial charge is 0.0576 e. The van der Waals surface area contributed by atoms with Gasteiger partial charge in [0.1, 0.15) is 0 Å². The molecule has 3 unspecified atom stereocenters. The van der Waals surface area contributed by atoms with Gasteiger partial charge in [-0.3, -0.25) is 0 Å². The summed E-state index contributed by atoms with van der Waals surface area (Å²) in [4.78, 5) is 0. The largest absolute Gasteiger partial charge is 0.393 e. The Morgan fingerprint density at radius 3 is 1.87 bits per heavy atom. The third kappa shape index (κ3) is 3.79. The second kappa shape index (κ2) is 4.08. The predicted molar refractivity (Wildman–Crippen MR) is 65.7 cm³/mol. The zero-order valence-corrected chi connectivity index (χ0v) is 11.3. The van der Waals surface area contributed by atoms with E-state index in [1.165, 1.54) is 12.8 Å². The van der Waals surface area contributed by atoms with E-state index in [4.69, 9.17) is 0 Å². The fourth-order valence-corrected chi connectivity index (χ4v) is 3.08. The van der Waals surface area contributed by atoms with Gasteiger partial charge in [0.25, 0.3) is 0 Å². The molecule has 0 aromatic heterocycles. The lowest BCUT2D eigenvalue weighted by atomic mass is 9.77. The molecule has 1 aliphatic rings. The number of rotatable bonds is 1. The van der Waals surface area contributed by atoms with E-state index < -0.39 is 0 Å². The van der Waals surface area contributed by atoms with Crippen LogP contribution in [0.5, 0.6) is 0 Å². The molecule has 1 fully saturated rings. The summed E-state index contributed by atoms with van der Waals surface area (Å²) in [6, 6.07) is 0. The van der Waals surface area contributed by atoms with Crippen molar-refractivity contribution < 1.29 is 5.11 Å². The monoisotopic (exact) mass is 212 g/mol. The van der Waals surface area contributed by atoms with Crippen LogP contribution in [-0.2, 0) is 0 Å². The molecule has 0 spiro atoms. The van der Waals surface area contributed by atoms with Gasteiger partial charge in [-0.05, 0) is 41.9 Å². The first kappa shape index (κ1) is 13.0. The van der Waals surface area contributed by atoms with Crippen LogP contribution in [0.25, 0.3) is 0 Å². The van der Waals surface area contributed by atoms with Crippen molar-refractivity contribution in [3.63, 3.8) is 0 Å². The molecule has 0 aromatic rings. The Labute approximate surface area is 95.3 Å². The van der Waals surface area contributed by atoms with Gasteiger partial charge in [0.05, 0.1) is 6.10 Å². The summed E-state index contributed by atoms with van der Waals surface area (Å²) in [5.41, 5.74) is 0.656. The molecule has 1 heteroatoms. The normalized spacial score (nSPS) is 33.4. The van der Waals surface area contributed by atoms with E-state index in [1.54, 1.807) is 0 Å². The van der Waals surface area contributed by atoms with Crippen LogP contribution in [0.2, 0.25) is 0 Å². The van der Waals surface area contributed by atoms with Gasteiger partial charge in [-0.1, -0.05) is 41.5 Å². The van der Waals surface area contributed by atoms with Crippen LogP contribution < -0.4 is 0 Å². The van der Waals surface area contributed by atoms with Gasteiger partial charge in [-0.15, -0.1) is 0 Å². The van der Waals surface area contributed by atoms with Crippen molar-refractivity contribution in [3.8, 4) is 0 Å². The van der Waals surface area contributed by atoms with Gasteiger partial charge in [-0.2, -0.15) is 0 Å². The van der Waals surface area contributed by atoms with Crippen molar-refractivity contribution in [1.29, 1.82) is 0 Å². The van der Waals surface area contributed by atoms with Gasteiger partial charge in [-0.25, -0.2) is 0 Å². The van der Waals surface area contributed by atoms with E-state index in [2.05, 4.69) is 41.5 Å². The van der Waals surface area contributed by atoms with Crippen LogP contribution in [0, 0.1) is 22.7 Å². The van der Waals surface area contributed by atoms with Gasteiger partial charge in [0.2, 0.25) is 0 Å². The van der Waals surface area contributed by atoms with E-state index in [-0.39, 0.29) is 11.5 Å². The molecule has 15 heavy (non-hydrogen) atoms. The van der Waals surface area contributed by atoms with Crippen LogP contribution >= 0.6 is 0 Å². The Hall–Kier alpha value is -0.0400. The van der Waals surface area contributed by atoms with Gasteiger partial charge in [0.15, 0.2) is 0 Å². The number of aliphatic hydroxyl groups is 1. The molecule has 0 radical (unpaired) electrons. The highest BCUT2D eigenvalue weighted by molar-refractivity contribution is 4.90. The van der Waals surface area contributed by atoms with Crippen molar-refractivity contribution in [1.82, 2.24) is 0 Å². The maximum Gasteiger partial charge on any atom is 0.0576 e. The fraction of sp³-hybridized carbons (Fsp3) is 1.00. The minimum Gasteiger partial charge on any atom is -0.393 e. The van der Waals surface area contributed by atoms with E-state index in [0.717, 1.165) is 12.3 Å². The molecule has 0 bridgehead atoms. The number of aliphatic hydroxyl groups excluding tert-OH is 1. The molecule has 1 saturated carbocycles. The average Bonchev–Trinajstić information content (AvgIpc) is 2.25.